The molecular weight excluding hydrogens is 276 g/mol. The Kier molecular flexibility index (Phi) is 4.89. The van der Waals surface area contributed by atoms with Crippen LogP contribution >= 0.6 is 0 Å². The number of carbonyl (C=O) groups is 2. The second-order valence-corrected chi connectivity index (χ2v) is 7.18. The van der Waals surface area contributed by atoms with Crippen molar-refractivity contribution in [3.63, 3.8) is 0 Å². The molecule has 2 amide bonds. The SMILES string of the molecule is CC(C)(C)c1ccc(CC(=O)N2CCC(C(N)=O)CC2)cc1. The van der Waals surface area contributed by atoms with E-state index in [0.29, 0.717) is 32.4 Å². The molecule has 22 heavy (non-hydrogen) atoms. The van der Waals surface area contributed by atoms with E-state index < -0.39 is 0 Å². The summed E-state index contributed by atoms with van der Waals surface area (Å²) in [4.78, 5) is 25.3. The van der Waals surface area contributed by atoms with Gasteiger partial charge in [0.25, 0.3) is 0 Å². The summed E-state index contributed by atoms with van der Waals surface area (Å²) in [6, 6.07) is 8.27. The molecule has 4 nitrogen and oxygen atoms in total. The lowest BCUT2D eigenvalue weighted by molar-refractivity contribution is -0.134. The van der Waals surface area contributed by atoms with Gasteiger partial charge in [-0.05, 0) is 29.4 Å². The lowest BCUT2D eigenvalue weighted by atomic mass is 9.86. The van der Waals surface area contributed by atoms with Gasteiger partial charge < -0.3 is 10.6 Å². The maximum absolute atomic E-state index is 12.3. The number of hydrogen-bond donors (Lipinski definition) is 1. The molecular formula is C18H26N2O2. The van der Waals surface area contributed by atoms with E-state index in [4.69, 9.17) is 5.73 Å². The fraction of sp³-hybridized carbons (Fsp3) is 0.556. The van der Waals surface area contributed by atoms with Crippen LogP contribution in [0.5, 0.6) is 0 Å². The monoisotopic (exact) mass is 302 g/mol. The third-order valence-electron chi connectivity index (χ3n) is 4.43. The van der Waals surface area contributed by atoms with E-state index >= 15 is 0 Å². The molecule has 0 unspecified atom stereocenters. The molecule has 120 valence electrons. The van der Waals surface area contributed by atoms with E-state index in [1.165, 1.54) is 5.56 Å². The van der Waals surface area contributed by atoms with Crippen LogP contribution in [0.2, 0.25) is 0 Å². The van der Waals surface area contributed by atoms with Crippen LogP contribution in [0.15, 0.2) is 24.3 Å². The highest BCUT2D eigenvalue weighted by Crippen LogP contribution is 2.23. The van der Waals surface area contributed by atoms with Gasteiger partial charge in [-0.15, -0.1) is 0 Å². The maximum atomic E-state index is 12.3. The summed E-state index contributed by atoms with van der Waals surface area (Å²) in [7, 11) is 0. The van der Waals surface area contributed by atoms with E-state index in [9.17, 15) is 9.59 Å². The molecule has 0 bridgehead atoms. The number of nitrogens with two attached hydrogens (primary N) is 1. The largest absolute Gasteiger partial charge is 0.369 e. The number of carbonyl (C=O) groups excluding carboxylic acids is 2. The van der Waals surface area contributed by atoms with Crippen LogP contribution in [0.4, 0.5) is 0 Å². The van der Waals surface area contributed by atoms with Crippen molar-refractivity contribution in [1.82, 2.24) is 4.90 Å². The van der Waals surface area contributed by atoms with Crippen LogP contribution in [0.3, 0.4) is 0 Å². The predicted molar refractivity (Wildman–Crippen MR) is 87.3 cm³/mol. The third-order valence-corrected chi connectivity index (χ3v) is 4.43. The smallest absolute Gasteiger partial charge is 0.226 e. The Balaban J connectivity index is 1.91. The Morgan fingerprint density at radius 1 is 1.14 bits per heavy atom. The van der Waals surface area contributed by atoms with Gasteiger partial charge in [0, 0.05) is 19.0 Å². The molecule has 0 aliphatic carbocycles. The van der Waals surface area contributed by atoms with E-state index in [2.05, 4.69) is 32.9 Å². The zero-order valence-corrected chi connectivity index (χ0v) is 13.8. The van der Waals surface area contributed by atoms with Crippen molar-refractivity contribution < 1.29 is 9.59 Å². The number of nitrogens with zero attached hydrogens (tertiary/aromatic N) is 1. The lowest BCUT2D eigenvalue weighted by Gasteiger charge is -2.30. The number of benzene rings is 1. The van der Waals surface area contributed by atoms with Gasteiger partial charge in [-0.1, -0.05) is 45.0 Å². The van der Waals surface area contributed by atoms with Crippen LogP contribution < -0.4 is 5.73 Å². The van der Waals surface area contributed by atoms with Crippen LogP contribution in [0.1, 0.15) is 44.7 Å². The van der Waals surface area contributed by atoms with E-state index in [1.54, 1.807) is 0 Å². The molecule has 1 fully saturated rings. The first-order valence-corrected chi connectivity index (χ1v) is 7.94. The standard InChI is InChI=1S/C18H26N2O2/c1-18(2,3)15-6-4-13(5-7-15)12-16(21)20-10-8-14(9-11-20)17(19)22/h4-7,14H,8-12H2,1-3H3,(H2,19,22). The second kappa shape index (κ2) is 6.51. The van der Waals surface area contributed by atoms with Crippen LogP contribution in [-0.2, 0) is 21.4 Å². The summed E-state index contributed by atoms with van der Waals surface area (Å²) in [6.07, 6.45) is 1.79. The van der Waals surface area contributed by atoms with Crippen molar-refractivity contribution in [2.45, 2.75) is 45.4 Å². The third kappa shape index (κ3) is 4.09. The van der Waals surface area contributed by atoms with E-state index in [-0.39, 0.29) is 23.1 Å². The Morgan fingerprint density at radius 2 is 1.68 bits per heavy atom. The molecule has 1 heterocycles. The molecule has 1 aromatic rings. The van der Waals surface area contributed by atoms with Crippen molar-refractivity contribution in [2.24, 2.45) is 11.7 Å². The summed E-state index contributed by atoms with van der Waals surface area (Å²) in [5, 5.41) is 0. The minimum absolute atomic E-state index is 0.0740. The molecule has 1 aliphatic rings. The quantitative estimate of drug-likeness (QED) is 0.931. The number of likely N-dealkylation sites (tertiary alicyclic amines) is 1. The molecule has 1 saturated heterocycles. The molecule has 0 saturated carbocycles. The van der Waals surface area contributed by atoms with Gasteiger partial charge in [0.05, 0.1) is 6.42 Å². The Morgan fingerprint density at radius 3 is 2.14 bits per heavy atom. The van der Waals surface area contributed by atoms with Gasteiger partial charge in [0.1, 0.15) is 0 Å². The van der Waals surface area contributed by atoms with E-state index in [1.807, 2.05) is 17.0 Å². The molecule has 2 rings (SSSR count). The molecule has 1 aromatic carbocycles. The highest BCUT2D eigenvalue weighted by molar-refractivity contribution is 5.80. The predicted octanol–water partition coefficient (Wildman–Crippen LogP) is 2.25. The number of rotatable bonds is 3. The Bertz CT molecular complexity index is 535. The maximum Gasteiger partial charge on any atom is 0.226 e. The minimum atomic E-state index is -0.245. The van der Waals surface area contributed by atoms with Crippen LogP contribution in [-0.4, -0.2) is 29.8 Å². The summed E-state index contributed by atoms with van der Waals surface area (Å²) < 4.78 is 0. The summed E-state index contributed by atoms with van der Waals surface area (Å²) in [5.74, 6) is -0.189. The number of hydrogen-bond acceptors (Lipinski definition) is 2. The fourth-order valence-electron chi connectivity index (χ4n) is 2.82. The summed E-state index contributed by atoms with van der Waals surface area (Å²) in [6.45, 7) is 7.79. The topological polar surface area (TPSA) is 63.4 Å². The van der Waals surface area contributed by atoms with Crippen molar-refractivity contribution in [3.8, 4) is 0 Å². The summed E-state index contributed by atoms with van der Waals surface area (Å²) in [5.41, 5.74) is 7.75. The fourth-order valence-corrected chi connectivity index (χ4v) is 2.82. The van der Waals surface area contributed by atoms with Gasteiger partial charge in [-0.2, -0.15) is 0 Å². The number of piperidine rings is 1. The first-order valence-electron chi connectivity index (χ1n) is 7.94. The van der Waals surface area contributed by atoms with Crippen molar-refractivity contribution >= 4 is 11.8 Å². The van der Waals surface area contributed by atoms with Gasteiger partial charge in [-0.3, -0.25) is 9.59 Å². The minimum Gasteiger partial charge on any atom is -0.369 e. The highest BCUT2D eigenvalue weighted by atomic mass is 16.2. The van der Waals surface area contributed by atoms with Crippen molar-refractivity contribution in [2.75, 3.05) is 13.1 Å². The molecule has 0 atom stereocenters. The number of amides is 2. The Hall–Kier alpha value is -1.84. The Labute approximate surface area is 132 Å². The molecule has 4 heteroatoms. The lowest BCUT2D eigenvalue weighted by Crippen LogP contribution is -2.42. The average molecular weight is 302 g/mol. The van der Waals surface area contributed by atoms with Crippen molar-refractivity contribution in [3.05, 3.63) is 35.4 Å². The zero-order chi connectivity index (χ0) is 16.3. The van der Waals surface area contributed by atoms with Crippen molar-refractivity contribution in [1.29, 1.82) is 0 Å². The van der Waals surface area contributed by atoms with Gasteiger partial charge >= 0.3 is 0 Å². The van der Waals surface area contributed by atoms with Gasteiger partial charge in [0.2, 0.25) is 11.8 Å². The molecule has 0 radical (unpaired) electrons. The van der Waals surface area contributed by atoms with Gasteiger partial charge in [0.15, 0.2) is 0 Å². The zero-order valence-electron chi connectivity index (χ0n) is 13.8. The van der Waals surface area contributed by atoms with Crippen LogP contribution in [0.25, 0.3) is 0 Å². The molecule has 0 spiro atoms. The summed E-state index contributed by atoms with van der Waals surface area (Å²) >= 11 is 0. The molecule has 1 aliphatic heterocycles. The molecule has 0 aromatic heterocycles. The second-order valence-electron chi connectivity index (χ2n) is 7.18. The van der Waals surface area contributed by atoms with Crippen LogP contribution in [0, 0.1) is 5.92 Å². The van der Waals surface area contributed by atoms with E-state index in [0.717, 1.165) is 5.56 Å². The highest BCUT2D eigenvalue weighted by Gasteiger charge is 2.25. The normalized spacial score (nSPS) is 16.6. The number of primary amides is 1. The first-order chi connectivity index (χ1) is 10.3. The van der Waals surface area contributed by atoms with Gasteiger partial charge in [-0.25, -0.2) is 0 Å². The first kappa shape index (κ1) is 16.5. The average Bonchev–Trinajstić information content (AvgIpc) is 2.47. The molecule has 2 N–H and O–H groups in total.